The average molecular weight is 336 g/mol. The number of hydrazone groups is 1. The van der Waals surface area contributed by atoms with Gasteiger partial charge in [0.1, 0.15) is 5.82 Å². The number of nitrogens with zero attached hydrogens (tertiary/aromatic N) is 3. The monoisotopic (exact) mass is 336 g/mol. The SMILES string of the molecule is Cc1cc(/C=N\NC(=O)c2cccnc2)c(C)n1-c1ccccc1F. The third-order valence-corrected chi connectivity index (χ3v) is 3.86. The Labute approximate surface area is 144 Å². The van der Waals surface area contributed by atoms with Gasteiger partial charge in [-0.2, -0.15) is 5.10 Å². The molecule has 0 radical (unpaired) electrons. The molecule has 5 nitrogen and oxygen atoms in total. The molecule has 1 aromatic carbocycles. The first-order chi connectivity index (χ1) is 12.1. The van der Waals surface area contributed by atoms with E-state index in [9.17, 15) is 9.18 Å². The van der Waals surface area contributed by atoms with Crippen LogP contribution in [-0.4, -0.2) is 21.7 Å². The van der Waals surface area contributed by atoms with Crippen LogP contribution in [0.1, 0.15) is 27.3 Å². The van der Waals surface area contributed by atoms with Gasteiger partial charge >= 0.3 is 0 Å². The number of benzene rings is 1. The summed E-state index contributed by atoms with van der Waals surface area (Å²) in [5.41, 5.74) is 5.88. The molecule has 2 aromatic heterocycles. The second-order valence-corrected chi connectivity index (χ2v) is 5.55. The number of carbonyl (C=O) groups is 1. The van der Waals surface area contributed by atoms with E-state index in [1.54, 1.807) is 42.7 Å². The minimum atomic E-state index is -0.340. The molecule has 6 heteroatoms. The fraction of sp³-hybridized carbons (Fsp3) is 0.105. The van der Waals surface area contributed by atoms with E-state index in [-0.39, 0.29) is 11.7 Å². The van der Waals surface area contributed by atoms with Gasteiger partial charge in [0.05, 0.1) is 17.5 Å². The minimum absolute atomic E-state index is 0.294. The van der Waals surface area contributed by atoms with Crippen molar-refractivity contribution in [3.63, 3.8) is 0 Å². The minimum Gasteiger partial charge on any atom is -0.315 e. The molecule has 0 aliphatic carbocycles. The number of hydrogen-bond acceptors (Lipinski definition) is 3. The number of aryl methyl sites for hydroxylation is 1. The zero-order chi connectivity index (χ0) is 17.8. The summed E-state index contributed by atoms with van der Waals surface area (Å²) in [5, 5.41) is 3.99. The largest absolute Gasteiger partial charge is 0.315 e. The molecule has 0 atom stereocenters. The summed E-state index contributed by atoms with van der Waals surface area (Å²) >= 11 is 0. The molecule has 0 aliphatic heterocycles. The number of carbonyl (C=O) groups excluding carboxylic acids is 1. The first-order valence-corrected chi connectivity index (χ1v) is 7.75. The van der Waals surface area contributed by atoms with E-state index in [4.69, 9.17) is 0 Å². The van der Waals surface area contributed by atoms with E-state index in [0.717, 1.165) is 17.0 Å². The van der Waals surface area contributed by atoms with Gasteiger partial charge < -0.3 is 4.57 Å². The summed E-state index contributed by atoms with van der Waals surface area (Å²) < 4.78 is 15.9. The molecule has 0 bridgehead atoms. The maximum Gasteiger partial charge on any atom is 0.272 e. The van der Waals surface area contributed by atoms with Crippen LogP contribution in [0.4, 0.5) is 4.39 Å². The Hall–Kier alpha value is -3.28. The molecule has 1 amide bonds. The predicted octanol–water partition coefficient (Wildman–Crippen LogP) is 3.39. The highest BCUT2D eigenvalue weighted by Crippen LogP contribution is 2.21. The van der Waals surface area contributed by atoms with Crippen molar-refractivity contribution in [2.24, 2.45) is 5.10 Å². The lowest BCUT2D eigenvalue weighted by Crippen LogP contribution is -2.17. The van der Waals surface area contributed by atoms with Crippen molar-refractivity contribution < 1.29 is 9.18 Å². The number of nitrogens with one attached hydrogen (secondary N) is 1. The van der Waals surface area contributed by atoms with Crippen LogP contribution in [0.2, 0.25) is 0 Å². The van der Waals surface area contributed by atoms with Crippen molar-refractivity contribution >= 4 is 12.1 Å². The van der Waals surface area contributed by atoms with Gasteiger partial charge in [0.15, 0.2) is 0 Å². The van der Waals surface area contributed by atoms with Crippen LogP contribution in [0.3, 0.4) is 0 Å². The number of amides is 1. The molecule has 3 aromatic rings. The average Bonchev–Trinajstić information content (AvgIpc) is 2.90. The first-order valence-electron chi connectivity index (χ1n) is 7.75. The molecule has 0 spiro atoms. The van der Waals surface area contributed by atoms with Crippen LogP contribution in [-0.2, 0) is 0 Å². The normalized spacial score (nSPS) is 11.0. The summed E-state index contributed by atoms with van der Waals surface area (Å²) in [6, 6.07) is 11.8. The maximum absolute atomic E-state index is 14.1. The Morgan fingerprint density at radius 3 is 2.76 bits per heavy atom. The van der Waals surface area contributed by atoms with E-state index in [1.165, 1.54) is 12.3 Å². The van der Waals surface area contributed by atoms with Gasteiger partial charge in [-0.3, -0.25) is 9.78 Å². The van der Waals surface area contributed by atoms with Crippen LogP contribution >= 0.6 is 0 Å². The van der Waals surface area contributed by atoms with Crippen LogP contribution < -0.4 is 5.43 Å². The van der Waals surface area contributed by atoms with Crippen molar-refractivity contribution in [2.75, 3.05) is 0 Å². The van der Waals surface area contributed by atoms with Gasteiger partial charge in [-0.25, -0.2) is 9.82 Å². The highest BCUT2D eigenvalue weighted by molar-refractivity contribution is 5.94. The smallest absolute Gasteiger partial charge is 0.272 e. The lowest BCUT2D eigenvalue weighted by molar-refractivity contribution is 0.0955. The quantitative estimate of drug-likeness (QED) is 0.586. The van der Waals surface area contributed by atoms with Gasteiger partial charge in [-0.1, -0.05) is 12.1 Å². The lowest BCUT2D eigenvalue weighted by atomic mass is 10.2. The summed E-state index contributed by atoms with van der Waals surface area (Å²) in [4.78, 5) is 15.8. The molecule has 0 unspecified atom stereocenters. The Bertz CT molecular complexity index is 932. The van der Waals surface area contributed by atoms with E-state index in [0.29, 0.717) is 11.3 Å². The molecule has 0 saturated heterocycles. The van der Waals surface area contributed by atoms with Crippen molar-refractivity contribution in [2.45, 2.75) is 13.8 Å². The summed E-state index contributed by atoms with van der Waals surface area (Å²) in [6.45, 7) is 3.77. The fourth-order valence-electron chi connectivity index (χ4n) is 2.64. The molecular weight excluding hydrogens is 319 g/mol. The number of hydrogen-bond donors (Lipinski definition) is 1. The van der Waals surface area contributed by atoms with Crippen molar-refractivity contribution in [3.05, 3.63) is 83.2 Å². The number of aromatic nitrogens is 2. The third-order valence-electron chi connectivity index (χ3n) is 3.86. The van der Waals surface area contributed by atoms with Gasteiger partial charge in [0.25, 0.3) is 5.91 Å². The van der Waals surface area contributed by atoms with Crippen molar-refractivity contribution in [1.82, 2.24) is 15.0 Å². The second-order valence-electron chi connectivity index (χ2n) is 5.55. The number of pyridine rings is 1. The van der Waals surface area contributed by atoms with Crippen LogP contribution in [0.15, 0.2) is 60.0 Å². The van der Waals surface area contributed by atoms with Crippen LogP contribution in [0.25, 0.3) is 5.69 Å². The summed E-state index contributed by atoms with van der Waals surface area (Å²) in [5.74, 6) is -0.634. The molecule has 25 heavy (non-hydrogen) atoms. The Morgan fingerprint density at radius 1 is 1.24 bits per heavy atom. The molecule has 2 heterocycles. The van der Waals surface area contributed by atoms with Crippen molar-refractivity contribution in [3.8, 4) is 5.69 Å². The molecule has 0 saturated carbocycles. The van der Waals surface area contributed by atoms with Gasteiger partial charge in [0.2, 0.25) is 0 Å². The second kappa shape index (κ2) is 7.09. The highest BCUT2D eigenvalue weighted by atomic mass is 19.1. The first kappa shape index (κ1) is 16.6. The molecule has 1 N–H and O–H groups in total. The highest BCUT2D eigenvalue weighted by Gasteiger charge is 2.12. The van der Waals surface area contributed by atoms with Gasteiger partial charge in [-0.05, 0) is 44.2 Å². The van der Waals surface area contributed by atoms with Gasteiger partial charge in [0, 0.05) is 29.3 Å². The molecule has 126 valence electrons. The maximum atomic E-state index is 14.1. The molecule has 3 rings (SSSR count). The Balaban J connectivity index is 1.82. The standard InChI is InChI=1S/C19H17FN4O/c1-13-10-16(12-22-23-19(25)15-6-5-9-21-11-15)14(2)24(13)18-8-4-3-7-17(18)20/h3-12H,1-2H3,(H,23,25)/b22-12-. The zero-order valence-electron chi connectivity index (χ0n) is 13.9. The topological polar surface area (TPSA) is 59.3 Å². The lowest BCUT2D eigenvalue weighted by Gasteiger charge is -2.10. The molecular formula is C19H17FN4O. The fourth-order valence-corrected chi connectivity index (χ4v) is 2.64. The number of para-hydroxylation sites is 1. The van der Waals surface area contributed by atoms with E-state index in [2.05, 4.69) is 15.5 Å². The zero-order valence-corrected chi connectivity index (χ0v) is 13.9. The Morgan fingerprint density at radius 2 is 2.04 bits per heavy atom. The van der Waals surface area contributed by atoms with E-state index in [1.807, 2.05) is 24.5 Å². The number of rotatable bonds is 4. The van der Waals surface area contributed by atoms with Crippen LogP contribution in [0, 0.1) is 19.7 Å². The predicted molar refractivity (Wildman–Crippen MR) is 94.5 cm³/mol. The third kappa shape index (κ3) is 3.47. The Kier molecular flexibility index (Phi) is 4.70. The van der Waals surface area contributed by atoms with Gasteiger partial charge in [-0.15, -0.1) is 0 Å². The molecule has 0 aliphatic rings. The van der Waals surface area contributed by atoms with Crippen molar-refractivity contribution in [1.29, 1.82) is 0 Å². The van der Waals surface area contributed by atoms with Crippen LogP contribution in [0.5, 0.6) is 0 Å². The number of halogens is 1. The van der Waals surface area contributed by atoms with E-state index >= 15 is 0 Å². The summed E-state index contributed by atoms with van der Waals surface area (Å²) in [7, 11) is 0. The molecule has 0 fully saturated rings. The van der Waals surface area contributed by atoms with E-state index < -0.39 is 0 Å². The summed E-state index contributed by atoms with van der Waals surface area (Å²) in [6.07, 6.45) is 4.61.